The minimum atomic E-state index is -3.37. The van der Waals surface area contributed by atoms with Crippen LogP contribution in [0.25, 0.3) is 11.0 Å². The molecule has 2 N–H and O–H groups in total. The van der Waals surface area contributed by atoms with E-state index in [1.807, 2.05) is 18.2 Å². The second-order valence-corrected chi connectivity index (χ2v) is 6.84. The summed E-state index contributed by atoms with van der Waals surface area (Å²) in [7, 11) is -3.37. The molecule has 0 bridgehead atoms. The maximum Gasteiger partial charge on any atom is 0.177 e. The van der Waals surface area contributed by atoms with E-state index in [4.69, 9.17) is 0 Å². The Morgan fingerprint density at radius 1 is 1.10 bits per heavy atom. The Labute approximate surface area is 122 Å². The molecule has 108 valence electrons. The first-order valence-electron chi connectivity index (χ1n) is 6.38. The van der Waals surface area contributed by atoms with Gasteiger partial charge in [0.05, 0.1) is 10.4 Å². The molecule has 3 rings (SSSR count). The van der Waals surface area contributed by atoms with Crippen LogP contribution in [0.1, 0.15) is 17.5 Å². The molecule has 0 fully saturated rings. The van der Waals surface area contributed by atoms with Crippen molar-refractivity contribution in [2.24, 2.45) is 0 Å². The van der Waals surface area contributed by atoms with Gasteiger partial charge in [-0.3, -0.25) is 0 Å². The van der Waals surface area contributed by atoms with Gasteiger partial charge in [-0.1, -0.05) is 36.4 Å². The molecule has 3 aromatic rings. The summed E-state index contributed by atoms with van der Waals surface area (Å²) in [5.74, 6) is 0.326. The first kappa shape index (κ1) is 13.8. The molecule has 1 atom stereocenters. The van der Waals surface area contributed by atoms with Gasteiger partial charge in [-0.15, -0.1) is 0 Å². The summed E-state index contributed by atoms with van der Waals surface area (Å²) in [4.78, 5) is 7.41. The van der Waals surface area contributed by atoms with Gasteiger partial charge in [-0.05, 0) is 17.7 Å². The molecule has 0 saturated heterocycles. The van der Waals surface area contributed by atoms with Gasteiger partial charge in [-0.25, -0.2) is 13.4 Å². The van der Waals surface area contributed by atoms with Crippen molar-refractivity contribution in [3.8, 4) is 0 Å². The van der Waals surface area contributed by atoms with Crippen LogP contribution < -0.4 is 0 Å². The molecule has 0 radical (unpaired) electrons. The number of para-hydroxylation sites is 1. The van der Waals surface area contributed by atoms with Crippen LogP contribution in [0.15, 0.2) is 53.4 Å². The van der Waals surface area contributed by atoms with Crippen molar-refractivity contribution >= 4 is 20.9 Å². The summed E-state index contributed by atoms with van der Waals surface area (Å²) >= 11 is 0. The molecule has 0 spiro atoms. The van der Waals surface area contributed by atoms with Gasteiger partial charge in [0.1, 0.15) is 17.4 Å². The number of benzene rings is 2. The summed E-state index contributed by atoms with van der Waals surface area (Å²) in [5, 5.41) is 10.3. The van der Waals surface area contributed by atoms with Crippen LogP contribution in [0.3, 0.4) is 0 Å². The lowest BCUT2D eigenvalue weighted by Gasteiger charge is -2.06. The minimum absolute atomic E-state index is 0.155. The topological polar surface area (TPSA) is 83.0 Å². The Morgan fingerprint density at radius 3 is 2.48 bits per heavy atom. The van der Waals surface area contributed by atoms with E-state index in [0.29, 0.717) is 22.4 Å². The second kappa shape index (κ2) is 4.98. The molecule has 6 heteroatoms. The fraction of sp³-hybridized carbons (Fsp3) is 0.133. The second-order valence-electron chi connectivity index (χ2n) is 4.86. The van der Waals surface area contributed by atoms with Crippen LogP contribution in [-0.2, 0) is 9.84 Å². The number of nitrogens with one attached hydrogen (secondary N) is 1. The van der Waals surface area contributed by atoms with E-state index < -0.39 is 15.9 Å². The van der Waals surface area contributed by atoms with E-state index in [1.165, 1.54) is 6.07 Å². The van der Waals surface area contributed by atoms with E-state index in [0.717, 1.165) is 6.26 Å². The average Bonchev–Trinajstić information content (AvgIpc) is 2.90. The Morgan fingerprint density at radius 2 is 1.81 bits per heavy atom. The highest BCUT2D eigenvalue weighted by molar-refractivity contribution is 7.91. The van der Waals surface area contributed by atoms with Gasteiger partial charge in [-0.2, -0.15) is 0 Å². The highest BCUT2D eigenvalue weighted by Gasteiger charge is 2.19. The number of aliphatic hydroxyl groups excluding tert-OH is 1. The molecule has 0 aliphatic carbocycles. The number of rotatable bonds is 3. The number of aliphatic hydroxyl groups is 1. The summed E-state index contributed by atoms with van der Waals surface area (Å²) in [6.45, 7) is 0. The Bertz CT molecular complexity index is 886. The molecule has 0 aliphatic heterocycles. The normalized spacial score (nSPS) is 13.4. The number of aromatic nitrogens is 2. The lowest BCUT2D eigenvalue weighted by atomic mass is 10.1. The predicted molar refractivity (Wildman–Crippen MR) is 79.7 cm³/mol. The van der Waals surface area contributed by atoms with Crippen LogP contribution in [0.2, 0.25) is 0 Å². The van der Waals surface area contributed by atoms with Crippen LogP contribution >= 0.6 is 0 Å². The van der Waals surface area contributed by atoms with E-state index in [2.05, 4.69) is 9.97 Å². The third-order valence-corrected chi connectivity index (χ3v) is 4.40. The van der Waals surface area contributed by atoms with Crippen molar-refractivity contribution in [3.63, 3.8) is 0 Å². The molecule has 1 heterocycles. The number of hydrogen-bond acceptors (Lipinski definition) is 4. The zero-order chi connectivity index (χ0) is 15.0. The first-order valence-corrected chi connectivity index (χ1v) is 8.27. The van der Waals surface area contributed by atoms with Crippen molar-refractivity contribution < 1.29 is 13.5 Å². The van der Waals surface area contributed by atoms with Gasteiger partial charge < -0.3 is 10.1 Å². The number of nitrogens with zero attached hydrogens (tertiary/aromatic N) is 1. The van der Waals surface area contributed by atoms with Gasteiger partial charge >= 0.3 is 0 Å². The van der Waals surface area contributed by atoms with Crippen molar-refractivity contribution in [1.29, 1.82) is 0 Å². The van der Waals surface area contributed by atoms with Crippen molar-refractivity contribution in [2.75, 3.05) is 6.26 Å². The summed E-state index contributed by atoms with van der Waals surface area (Å²) in [6, 6.07) is 14.0. The van der Waals surface area contributed by atoms with Crippen molar-refractivity contribution in [3.05, 3.63) is 59.9 Å². The van der Waals surface area contributed by atoms with Gasteiger partial charge in [0, 0.05) is 6.26 Å². The summed E-state index contributed by atoms with van der Waals surface area (Å²) in [5.41, 5.74) is 1.63. The molecule has 0 aliphatic rings. The quantitative estimate of drug-likeness (QED) is 0.775. The number of hydrogen-bond donors (Lipinski definition) is 2. The predicted octanol–water partition coefficient (Wildman–Crippen LogP) is 2.05. The van der Waals surface area contributed by atoms with E-state index in [-0.39, 0.29) is 4.90 Å². The third-order valence-electron chi connectivity index (χ3n) is 3.27. The van der Waals surface area contributed by atoms with Crippen molar-refractivity contribution in [1.82, 2.24) is 9.97 Å². The molecule has 1 aromatic heterocycles. The monoisotopic (exact) mass is 302 g/mol. The van der Waals surface area contributed by atoms with Crippen LogP contribution in [0.4, 0.5) is 0 Å². The van der Waals surface area contributed by atoms with Gasteiger partial charge in [0.15, 0.2) is 9.84 Å². The molecule has 21 heavy (non-hydrogen) atoms. The molecular weight excluding hydrogens is 288 g/mol. The lowest BCUT2D eigenvalue weighted by molar-refractivity contribution is 0.211. The number of imidazole rings is 1. The number of fused-ring (bicyclic) bond motifs is 1. The maximum absolute atomic E-state index is 11.8. The minimum Gasteiger partial charge on any atom is -0.380 e. The average molecular weight is 302 g/mol. The van der Waals surface area contributed by atoms with Gasteiger partial charge in [0.2, 0.25) is 0 Å². The fourth-order valence-corrected chi connectivity index (χ4v) is 3.08. The number of sulfone groups is 1. The maximum atomic E-state index is 11.8. The molecular formula is C15H14N2O3S. The Kier molecular flexibility index (Phi) is 3.27. The standard InChI is InChI=1S/C15H14N2O3S/c1-21(19,20)12-9-5-8-11-13(12)17-15(16-11)14(18)10-6-3-2-4-7-10/h2-9,14,18H,1H3,(H,16,17). The van der Waals surface area contributed by atoms with Gasteiger partial charge in [0.25, 0.3) is 0 Å². The fourth-order valence-electron chi connectivity index (χ4n) is 2.25. The molecule has 1 unspecified atom stereocenters. The van der Waals surface area contributed by atoms with E-state index in [9.17, 15) is 13.5 Å². The number of aromatic amines is 1. The SMILES string of the molecule is CS(=O)(=O)c1cccc2[nH]c(C(O)c3ccccc3)nc12. The van der Waals surface area contributed by atoms with Crippen LogP contribution in [-0.4, -0.2) is 29.7 Å². The zero-order valence-electron chi connectivity index (χ0n) is 11.3. The van der Waals surface area contributed by atoms with Crippen LogP contribution in [0.5, 0.6) is 0 Å². The Hall–Kier alpha value is -2.18. The van der Waals surface area contributed by atoms with Crippen LogP contribution in [0, 0.1) is 0 Å². The highest BCUT2D eigenvalue weighted by Crippen LogP contribution is 2.25. The summed E-state index contributed by atoms with van der Waals surface area (Å²) < 4.78 is 23.6. The third kappa shape index (κ3) is 2.55. The first-order chi connectivity index (χ1) is 9.97. The Balaban J connectivity index is 2.14. The van der Waals surface area contributed by atoms with E-state index >= 15 is 0 Å². The zero-order valence-corrected chi connectivity index (χ0v) is 12.1. The molecule has 0 saturated carbocycles. The molecule has 0 amide bonds. The lowest BCUT2D eigenvalue weighted by Crippen LogP contribution is -2.01. The highest BCUT2D eigenvalue weighted by atomic mass is 32.2. The number of H-pyrrole nitrogens is 1. The summed E-state index contributed by atoms with van der Waals surface area (Å²) in [6.07, 6.45) is 0.218. The van der Waals surface area contributed by atoms with E-state index in [1.54, 1.807) is 24.3 Å². The molecule has 5 nitrogen and oxygen atoms in total. The largest absolute Gasteiger partial charge is 0.380 e. The van der Waals surface area contributed by atoms with Crippen molar-refractivity contribution in [2.45, 2.75) is 11.0 Å². The molecule has 2 aromatic carbocycles. The smallest absolute Gasteiger partial charge is 0.177 e.